The van der Waals surface area contributed by atoms with Gasteiger partial charge in [0.05, 0.1) is 18.6 Å². The first-order valence-corrected chi connectivity index (χ1v) is 7.53. The largest absolute Gasteiger partial charge is 0.462 e. The highest BCUT2D eigenvalue weighted by atomic mass is 32.1. The number of carbonyl (C=O) groups is 2. The molecule has 0 saturated heterocycles. The third kappa shape index (κ3) is 3.65. The molecule has 0 spiro atoms. The van der Waals surface area contributed by atoms with E-state index in [1.165, 1.54) is 22.7 Å². The van der Waals surface area contributed by atoms with Crippen molar-refractivity contribution in [2.75, 3.05) is 11.9 Å². The smallest absolute Gasteiger partial charge is 0.341 e. The molecule has 0 unspecified atom stereocenters. The summed E-state index contributed by atoms with van der Waals surface area (Å²) in [4.78, 5) is 24.5. The zero-order valence-electron chi connectivity index (χ0n) is 10.3. The van der Waals surface area contributed by atoms with Crippen molar-refractivity contribution in [3.8, 4) is 0 Å². The zero-order valence-corrected chi connectivity index (χ0v) is 12.0. The lowest BCUT2D eigenvalue weighted by Gasteiger charge is -2.05. The number of thiophene rings is 2. The number of anilines is 1. The summed E-state index contributed by atoms with van der Waals surface area (Å²) >= 11 is 2.85. The van der Waals surface area contributed by atoms with E-state index in [2.05, 4.69) is 5.32 Å². The van der Waals surface area contributed by atoms with E-state index in [0.717, 1.165) is 4.88 Å². The quantitative estimate of drug-likeness (QED) is 0.862. The molecule has 2 aromatic rings. The fraction of sp³-hybridized carbons (Fsp3) is 0.231. The van der Waals surface area contributed by atoms with Crippen LogP contribution in [0.5, 0.6) is 0 Å². The first-order chi connectivity index (χ1) is 9.20. The van der Waals surface area contributed by atoms with Crippen LogP contribution in [0.4, 0.5) is 5.00 Å². The average molecular weight is 295 g/mol. The van der Waals surface area contributed by atoms with Crippen LogP contribution in [-0.4, -0.2) is 18.5 Å². The van der Waals surface area contributed by atoms with Crippen LogP contribution in [-0.2, 0) is 16.0 Å². The Labute approximate surface area is 119 Å². The molecular weight excluding hydrogens is 282 g/mol. The highest BCUT2D eigenvalue weighted by molar-refractivity contribution is 7.14. The van der Waals surface area contributed by atoms with Crippen LogP contribution in [0.25, 0.3) is 0 Å². The maximum atomic E-state index is 11.9. The number of ether oxygens (including phenoxy) is 1. The number of amides is 1. The highest BCUT2D eigenvalue weighted by Gasteiger charge is 2.16. The Morgan fingerprint density at radius 2 is 2.11 bits per heavy atom. The number of carbonyl (C=O) groups excluding carboxylic acids is 2. The molecule has 0 aliphatic heterocycles. The number of rotatable bonds is 5. The van der Waals surface area contributed by atoms with Crippen molar-refractivity contribution in [3.63, 3.8) is 0 Å². The number of hydrogen-bond donors (Lipinski definition) is 1. The van der Waals surface area contributed by atoms with E-state index in [9.17, 15) is 9.59 Å². The summed E-state index contributed by atoms with van der Waals surface area (Å²) in [7, 11) is 0. The summed E-state index contributed by atoms with van der Waals surface area (Å²) in [5.41, 5.74) is 0.409. The molecule has 2 aromatic heterocycles. The average Bonchev–Trinajstić information content (AvgIpc) is 3.00. The van der Waals surface area contributed by atoms with Crippen molar-refractivity contribution in [2.45, 2.75) is 13.3 Å². The minimum atomic E-state index is -0.407. The van der Waals surface area contributed by atoms with Crippen molar-refractivity contribution >= 4 is 39.6 Å². The van der Waals surface area contributed by atoms with E-state index in [0.29, 0.717) is 23.6 Å². The predicted molar refractivity (Wildman–Crippen MR) is 76.9 cm³/mol. The molecule has 2 heterocycles. The maximum Gasteiger partial charge on any atom is 0.341 e. The van der Waals surface area contributed by atoms with Gasteiger partial charge in [-0.3, -0.25) is 4.79 Å². The second kappa shape index (κ2) is 6.49. The minimum absolute atomic E-state index is 0.129. The molecule has 0 aliphatic carbocycles. The van der Waals surface area contributed by atoms with E-state index < -0.39 is 5.97 Å². The Kier molecular flexibility index (Phi) is 4.70. The summed E-state index contributed by atoms with van der Waals surface area (Å²) < 4.78 is 4.93. The van der Waals surface area contributed by atoms with Crippen molar-refractivity contribution in [1.82, 2.24) is 0 Å². The summed E-state index contributed by atoms with van der Waals surface area (Å²) in [6, 6.07) is 5.47. The summed E-state index contributed by atoms with van der Waals surface area (Å²) in [6.45, 7) is 2.07. The Morgan fingerprint density at radius 1 is 1.26 bits per heavy atom. The Morgan fingerprint density at radius 3 is 2.79 bits per heavy atom. The Bertz CT molecular complexity index is 560. The molecule has 0 saturated carbocycles. The van der Waals surface area contributed by atoms with Gasteiger partial charge in [0.15, 0.2) is 0 Å². The van der Waals surface area contributed by atoms with Crippen LogP contribution in [0.2, 0.25) is 0 Å². The van der Waals surface area contributed by atoms with Gasteiger partial charge in [0.2, 0.25) is 5.91 Å². The monoisotopic (exact) mass is 295 g/mol. The van der Waals surface area contributed by atoms with Crippen molar-refractivity contribution in [1.29, 1.82) is 0 Å². The lowest BCUT2D eigenvalue weighted by molar-refractivity contribution is -0.115. The van der Waals surface area contributed by atoms with E-state index in [4.69, 9.17) is 4.74 Å². The standard InChI is InChI=1S/C13H13NO3S2/c1-2-17-13(16)10-5-7-19-12(10)14-11(15)8-9-4-3-6-18-9/h3-7H,2,8H2,1H3,(H,14,15). The number of nitrogens with one attached hydrogen (secondary N) is 1. The van der Waals surface area contributed by atoms with E-state index in [1.807, 2.05) is 17.5 Å². The molecule has 0 atom stereocenters. The van der Waals surface area contributed by atoms with Crippen LogP contribution >= 0.6 is 22.7 Å². The normalized spacial score (nSPS) is 10.2. The lowest BCUT2D eigenvalue weighted by Crippen LogP contribution is -2.15. The zero-order chi connectivity index (χ0) is 13.7. The summed E-state index contributed by atoms with van der Waals surface area (Å²) in [5.74, 6) is -0.536. The van der Waals surface area contributed by atoms with Gasteiger partial charge in [-0.2, -0.15) is 0 Å². The van der Waals surface area contributed by atoms with Gasteiger partial charge in [-0.15, -0.1) is 22.7 Å². The Balaban J connectivity index is 2.01. The fourth-order valence-corrected chi connectivity index (χ4v) is 3.01. The number of esters is 1. The van der Waals surface area contributed by atoms with Crippen molar-refractivity contribution in [3.05, 3.63) is 39.4 Å². The van der Waals surface area contributed by atoms with Gasteiger partial charge in [0.25, 0.3) is 0 Å². The van der Waals surface area contributed by atoms with Gasteiger partial charge in [-0.05, 0) is 29.8 Å². The topological polar surface area (TPSA) is 55.4 Å². The third-order valence-electron chi connectivity index (χ3n) is 2.33. The molecule has 0 bridgehead atoms. The van der Waals surface area contributed by atoms with Crippen molar-refractivity contribution in [2.24, 2.45) is 0 Å². The van der Waals surface area contributed by atoms with Crippen LogP contribution in [0.3, 0.4) is 0 Å². The molecule has 0 aliphatic rings. The molecule has 1 amide bonds. The van der Waals surface area contributed by atoms with Gasteiger partial charge in [0.1, 0.15) is 5.00 Å². The molecule has 6 heteroatoms. The van der Waals surface area contributed by atoms with Gasteiger partial charge in [-0.1, -0.05) is 6.07 Å². The van der Waals surface area contributed by atoms with Gasteiger partial charge < -0.3 is 10.1 Å². The van der Waals surface area contributed by atoms with E-state index in [-0.39, 0.29) is 5.91 Å². The highest BCUT2D eigenvalue weighted by Crippen LogP contribution is 2.24. The molecule has 0 fully saturated rings. The van der Waals surface area contributed by atoms with Gasteiger partial charge >= 0.3 is 5.97 Å². The third-order valence-corrected chi connectivity index (χ3v) is 4.03. The molecule has 100 valence electrons. The summed E-state index contributed by atoms with van der Waals surface area (Å²) in [5, 5.41) is 6.98. The SMILES string of the molecule is CCOC(=O)c1ccsc1NC(=O)Cc1cccs1. The number of hydrogen-bond acceptors (Lipinski definition) is 5. The molecule has 0 radical (unpaired) electrons. The first-order valence-electron chi connectivity index (χ1n) is 5.77. The van der Waals surface area contributed by atoms with Gasteiger partial charge in [0, 0.05) is 4.88 Å². The fourth-order valence-electron chi connectivity index (χ4n) is 1.52. The molecule has 1 N–H and O–H groups in total. The van der Waals surface area contributed by atoms with Crippen LogP contribution in [0.15, 0.2) is 29.0 Å². The van der Waals surface area contributed by atoms with Crippen molar-refractivity contribution < 1.29 is 14.3 Å². The second-order valence-corrected chi connectivity index (χ2v) is 5.64. The van der Waals surface area contributed by atoms with E-state index >= 15 is 0 Å². The maximum absolute atomic E-state index is 11.9. The van der Waals surface area contributed by atoms with Crippen LogP contribution in [0.1, 0.15) is 22.2 Å². The van der Waals surface area contributed by atoms with Gasteiger partial charge in [-0.25, -0.2) is 4.79 Å². The molecular formula is C13H13NO3S2. The van der Waals surface area contributed by atoms with Crippen LogP contribution < -0.4 is 5.32 Å². The lowest BCUT2D eigenvalue weighted by atomic mass is 10.3. The first kappa shape index (κ1) is 13.8. The molecule has 0 aromatic carbocycles. The minimum Gasteiger partial charge on any atom is -0.462 e. The molecule has 4 nitrogen and oxygen atoms in total. The second-order valence-electron chi connectivity index (χ2n) is 3.69. The van der Waals surface area contributed by atoms with Crippen LogP contribution in [0, 0.1) is 0 Å². The Hall–Kier alpha value is -1.66. The predicted octanol–water partition coefficient (Wildman–Crippen LogP) is 3.17. The molecule has 19 heavy (non-hydrogen) atoms. The van der Waals surface area contributed by atoms with E-state index in [1.54, 1.807) is 18.4 Å². The summed E-state index contributed by atoms with van der Waals surface area (Å²) in [6.07, 6.45) is 0.317. The molecule has 2 rings (SSSR count).